The number of dihydropyridines is 1. The second kappa shape index (κ2) is 9.55. The van der Waals surface area contributed by atoms with E-state index in [1.807, 2.05) is 79.7 Å². The molecule has 3 aromatic carbocycles. The minimum Gasteiger partial charge on any atom is -0.488 e. The molecule has 0 aromatic heterocycles. The van der Waals surface area contributed by atoms with Crippen molar-refractivity contribution in [2.45, 2.75) is 26.4 Å². The average Bonchev–Trinajstić information content (AvgIpc) is 3.14. The Bertz CT molecular complexity index is 1390. The van der Waals surface area contributed by atoms with E-state index in [1.165, 1.54) is 0 Å². The minimum absolute atomic E-state index is 0.0806. The van der Waals surface area contributed by atoms with Crippen LogP contribution >= 0.6 is 15.9 Å². The van der Waals surface area contributed by atoms with Gasteiger partial charge in [0.05, 0.1) is 22.3 Å². The molecule has 0 amide bonds. The summed E-state index contributed by atoms with van der Waals surface area (Å²) >= 11 is 3.63. The van der Waals surface area contributed by atoms with Crippen LogP contribution < -0.4 is 10.1 Å². The molecule has 5 nitrogen and oxygen atoms in total. The Kier molecular flexibility index (Phi) is 6.31. The van der Waals surface area contributed by atoms with Crippen LogP contribution in [0.1, 0.15) is 46.8 Å². The molecule has 0 bridgehead atoms. The van der Waals surface area contributed by atoms with Gasteiger partial charge in [0.1, 0.15) is 12.4 Å². The Labute approximate surface area is 212 Å². The average molecular weight is 530 g/mol. The maximum Gasteiger partial charge on any atom is 0.336 e. The Morgan fingerprint density at radius 3 is 2.43 bits per heavy atom. The molecule has 3 aromatic rings. The summed E-state index contributed by atoms with van der Waals surface area (Å²) in [5, 5.41) is 3.32. The van der Waals surface area contributed by atoms with E-state index in [1.54, 1.807) is 6.92 Å². The van der Waals surface area contributed by atoms with Gasteiger partial charge in [-0.2, -0.15) is 0 Å². The number of hydrogen-bond donors (Lipinski definition) is 1. The normalized spacial score (nSPS) is 16.5. The fourth-order valence-electron chi connectivity index (χ4n) is 4.69. The van der Waals surface area contributed by atoms with Crippen molar-refractivity contribution >= 4 is 33.4 Å². The fourth-order valence-corrected chi connectivity index (χ4v) is 5.20. The lowest BCUT2D eigenvalue weighted by Crippen LogP contribution is -2.29. The molecule has 0 saturated heterocycles. The largest absolute Gasteiger partial charge is 0.488 e. The third-order valence-electron chi connectivity index (χ3n) is 6.27. The van der Waals surface area contributed by atoms with Crippen LogP contribution in [-0.4, -0.2) is 18.4 Å². The minimum atomic E-state index is -0.565. The number of nitrogens with one attached hydrogen (secondary N) is 1. The Balaban J connectivity index is 1.55. The van der Waals surface area contributed by atoms with Gasteiger partial charge in [0.25, 0.3) is 0 Å². The highest BCUT2D eigenvalue weighted by Gasteiger charge is 2.43. The molecule has 0 unspecified atom stereocenters. The second-order valence-corrected chi connectivity index (χ2v) is 9.30. The quantitative estimate of drug-likeness (QED) is 0.387. The highest BCUT2D eigenvalue weighted by atomic mass is 79.9. The van der Waals surface area contributed by atoms with Gasteiger partial charge in [-0.25, -0.2) is 4.79 Å². The van der Waals surface area contributed by atoms with Crippen LogP contribution in [-0.2, 0) is 16.1 Å². The van der Waals surface area contributed by atoms with Gasteiger partial charge in [-0.3, -0.25) is 4.79 Å². The molecule has 5 rings (SSSR count). The van der Waals surface area contributed by atoms with Gasteiger partial charge in [-0.1, -0.05) is 60.7 Å². The molecule has 0 spiro atoms. The fraction of sp³-hybridized carbons (Fsp3) is 0.172. The molecule has 1 N–H and O–H groups in total. The first-order valence-corrected chi connectivity index (χ1v) is 12.3. The summed E-state index contributed by atoms with van der Waals surface area (Å²) in [5.41, 5.74) is 5.78. The third kappa shape index (κ3) is 4.19. The second-order valence-electron chi connectivity index (χ2n) is 8.44. The predicted octanol–water partition coefficient (Wildman–Crippen LogP) is 6.16. The molecule has 0 saturated carbocycles. The zero-order chi connectivity index (χ0) is 24.5. The first-order valence-electron chi connectivity index (χ1n) is 11.5. The zero-order valence-corrected chi connectivity index (χ0v) is 21.0. The van der Waals surface area contributed by atoms with Gasteiger partial charge < -0.3 is 14.8 Å². The standard InChI is InChI=1S/C29H24BrNO4/c1-3-34-29(33)24-17(2)31-27-20-11-7-8-12-21(20)28(32)26(27)25(24)19-13-14-23(22(30)15-19)35-16-18-9-5-4-6-10-18/h4-15,25,31H,3,16H2,1-2H3/t25-/m0/s1. The topological polar surface area (TPSA) is 64.6 Å². The van der Waals surface area contributed by atoms with Crippen LogP contribution in [0.4, 0.5) is 0 Å². The SMILES string of the molecule is CCOC(=O)C1=C(C)NC2=C(C(=O)c3ccccc32)[C@H]1c1ccc(OCc2ccccc2)c(Br)c1. The van der Waals surface area contributed by atoms with Crippen LogP contribution in [0, 0.1) is 0 Å². The maximum atomic E-state index is 13.5. The number of allylic oxidation sites excluding steroid dienone is 2. The summed E-state index contributed by atoms with van der Waals surface area (Å²) in [4.78, 5) is 26.6. The van der Waals surface area contributed by atoms with Gasteiger partial charge >= 0.3 is 5.97 Å². The van der Waals surface area contributed by atoms with Crippen LogP contribution in [0.15, 0.2) is 94.1 Å². The number of benzene rings is 3. The lowest BCUT2D eigenvalue weighted by molar-refractivity contribution is -0.138. The molecule has 0 fully saturated rings. The number of ether oxygens (including phenoxy) is 2. The van der Waals surface area contributed by atoms with Crippen molar-refractivity contribution in [2.24, 2.45) is 0 Å². The number of fused-ring (bicyclic) bond motifs is 2. The predicted molar refractivity (Wildman–Crippen MR) is 138 cm³/mol. The summed E-state index contributed by atoms with van der Waals surface area (Å²) < 4.78 is 12.2. The first-order chi connectivity index (χ1) is 17.0. The Morgan fingerprint density at radius 2 is 1.71 bits per heavy atom. The lowest BCUT2D eigenvalue weighted by atomic mass is 9.80. The monoisotopic (exact) mass is 529 g/mol. The van der Waals surface area contributed by atoms with E-state index in [4.69, 9.17) is 9.47 Å². The number of carbonyl (C=O) groups excluding carboxylic acids is 2. The van der Waals surface area contributed by atoms with Crippen LogP contribution in [0.25, 0.3) is 5.70 Å². The van der Waals surface area contributed by atoms with Gasteiger partial charge in [-0.05, 0) is 53.0 Å². The molecule has 1 aliphatic carbocycles. The van der Waals surface area contributed by atoms with Gasteiger partial charge in [0, 0.05) is 28.3 Å². The Morgan fingerprint density at radius 1 is 1.00 bits per heavy atom. The summed E-state index contributed by atoms with van der Waals surface area (Å²) in [6, 6.07) is 23.1. The molecule has 35 heavy (non-hydrogen) atoms. The summed E-state index contributed by atoms with van der Waals surface area (Å²) in [6.07, 6.45) is 0. The number of halogens is 1. The zero-order valence-electron chi connectivity index (χ0n) is 19.4. The third-order valence-corrected chi connectivity index (χ3v) is 6.89. The van der Waals surface area contributed by atoms with E-state index >= 15 is 0 Å². The number of ketones is 1. The van der Waals surface area contributed by atoms with Gasteiger partial charge in [-0.15, -0.1) is 0 Å². The van der Waals surface area contributed by atoms with Crippen molar-refractivity contribution in [2.75, 3.05) is 6.61 Å². The smallest absolute Gasteiger partial charge is 0.336 e. The van der Waals surface area contributed by atoms with Gasteiger partial charge in [0.15, 0.2) is 5.78 Å². The summed E-state index contributed by atoms with van der Waals surface area (Å²) in [5.74, 6) is -0.397. The molecule has 1 aliphatic heterocycles. The van der Waals surface area contributed by atoms with Gasteiger partial charge in [0.2, 0.25) is 0 Å². The highest BCUT2D eigenvalue weighted by molar-refractivity contribution is 9.10. The maximum absolute atomic E-state index is 13.5. The molecule has 2 aliphatic rings. The van der Waals surface area contributed by atoms with Crippen LogP contribution in [0.5, 0.6) is 5.75 Å². The molecular formula is C29H24BrNO4. The summed E-state index contributed by atoms with van der Waals surface area (Å²) in [6.45, 7) is 4.30. The molecule has 0 radical (unpaired) electrons. The number of esters is 1. The number of carbonyl (C=O) groups is 2. The molecule has 1 heterocycles. The Hall–Kier alpha value is -3.64. The summed E-state index contributed by atoms with van der Waals surface area (Å²) in [7, 11) is 0. The van der Waals surface area contributed by atoms with Crippen LogP contribution in [0.3, 0.4) is 0 Å². The van der Waals surface area contributed by atoms with E-state index in [0.717, 1.165) is 26.9 Å². The molecule has 1 atom stereocenters. The van der Waals surface area contributed by atoms with E-state index in [2.05, 4.69) is 21.2 Å². The van der Waals surface area contributed by atoms with Crippen molar-refractivity contribution in [3.8, 4) is 5.75 Å². The number of hydrogen-bond acceptors (Lipinski definition) is 5. The van der Waals surface area contributed by atoms with E-state index in [0.29, 0.717) is 34.8 Å². The molecule has 176 valence electrons. The van der Waals surface area contributed by atoms with Crippen molar-refractivity contribution in [1.82, 2.24) is 5.32 Å². The van der Waals surface area contributed by atoms with Crippen molar-refractivity contribution in [3.63, 3.8) is 0 Å². The van der Waals surface area contributed by atoms with Crippen molar-refractivity contribution in [1.29, 1.82) is 0 Å². The molecular weight excluding hydrogens is 506 g/mol. The number of rotatable bonds is 6. The first kappa shape index (κ1) is 23.1. The number of Topliss-reactive ketones (excluding diaryl/α,β-unsaturated/α-hetero) is 1. The van der Waals surface area contributed by atoms with Crippen molar-refractivity contribution in [3.05, 3.63) is 116 Å². The molecule has 6 heteroatoms. The van der Waals surface area contributed by atoms with Crippen LogP contribution in [0.2, 0.25) is 0 Å². The van der Waals surface area contributed by atoms with E-state index in [9.17, 15) is 9.59 Å². The highest BCUT2D eigenvalue weighted by Crippen LogP contribution is 2.47. The lowest BCUT2D eigenvalue weighted by Gasteiger charge is -2.29. The van der Waals surface area contributed by atoms with E-state index in [-0.39, 0.29) is 12.4 Å². The van der Waals surface area contributed by atoms with Crippen molar-refractivity contribution < 1.29 is 19.1 Å². The van der Waals surface area contributed by atoms with E-state index < -0.39 is 11.9 Å².